The standard InChI is InChI=1S/C45H33NS/c1-45(2)28-46-44(47-45)37-15-9-14-33(26-37)34-22-23-40-41(27-34)43(36-21-19-30-11-4-6-13-32(30)25-36)39-17-8-7-16-38(39)42(40)35-20-18-29-10-3-5-12-31(29)24-35/h3-27H,28H2,1-2H3. The lowest BCUT2D eigenvalue weighted by molar-refractivity contribution is 0.741. The van der Waals surface area contributed by atoms with Crippen LogP contribution in [-0.2, 0) is 0 Å². The van der Waals surface area contributed by atoms with E-state index in [4.69, 9.17) is 4.99 Å². The number of hydrogen-bond donors (Lipinski definition) is 0. The van der Waals surface area contributed by atoms with Crippen molar-refractivity contribution in [3.05, 3.63) is 157 Å². The Balaban J connectivity index is 1.33. The van der Waals surface area contributed by atoms with Crippen LogP contribution >= 0.6 is 11.8 Å². The molecular formula is C45H33NS. The third-order valence-corrected chi connectivity index (χ3v) is 10.8. The Labute approximate surface area is 279 Å². The van der Waals surface area contributed by atoms with Crippen LogP contribution in [-0.4, -0.2) is 16.3 Å². The van der Waals surface area contributed by atoms with E-state index in [1.165, 1.54) is 82.0 Å². The van der Waals surface area contributed by atoms with Gasteiger partial charge < -0.3 is 0 Å². The fourth-order valence-corrected chi connectivity index (χ4v) is 8.27. The Morgan fingerprint density at radius 3 is 1.55 bits per heavy atom. The summed E-state index contributed by atoms with van der Waals surface area (Å²) in [5.74, 6) is 0. The average molecular weight is 620 g/mol. The van der Waals surface area contributed by atoms with Gasteiger partial charge >= 0.3 is 0 Å². The minimum atomic E-state index is 0.142. The molecule has 0 amide bonds. The lowest BCUT2D eigenvalue weighted by atomic mass is 9.84. The number of hydrogen-bond acceptors (Lipinski definition) is 2. The number of thioether (sulfide) groups is 1. The molecule has 0 radical (unpaired) electrons. The second-order valence-electron chi connectivity index (χ2n) is 13.2. The maximum absolute atomic E-state index is 4.90. The zero-order chi connectivity index (χ0) is 31.5. The van der Waals surface area contributed by atoms with Gasteiger partial charge in [0.2, 0.25) is 0 Å². The minimum Gasteiger partial charge on any atom is -0.276 e. The predicted molar refractivity (Wildman–Crippen MR) is 206 cm³/mol. The molecule has 47 heavy (non-hydrogen) atoms. The highest BCUT2D eigenvalue weighted by Gasteiger charge is 2.28. The van der Waals surface area contributed by atoms with E-state index >= 15 is 0 Å². The molecule has 8 aromatic carbocycles. The number of aliphatic imine (C=N–C) groups is 1. The van der Waals surface area contributed by atoms with Crippen molar-refractivity contribution in [3.63, 3.8) is 0 Å². The lowest BCUT2D eigenvalue weighted by Gasteiger charge is -2.19. The highest BCUT2D eigenvalue weighted by Crippen LogP contribution is 2.46. The van der Waals surface area contributed by atoms with Gasteiger partial charge in [0.05, 0.1) is 11.6 Å². The monoisotopic (exact) mass is 619 g/mol. The Kier molecular flexibility index (Phi) is 6.55. The van der Waals surface area contributed by atoms with Crippen molar-refractivity contribution in [2.24, 2.45) is 4.99 Å². The van der Waals surface area contributed by atoms with Gasteiger partial charge in [-0.1, -0.05) is 139 Å². The molecule has 1 nitrogen and oxygen atoms in total. The van der Waals surface area contributed by atoms with Crippen LogP contribution < -0.4 is 0 Å². The maximum atomic E-state index is 4.90. The number of benzene rings is 8. The fraction of sp³-hybridized carbons (Fsp3) is 0.0889. The van der Waals surface area contributed by atoms with Crippen molar-refractivity contribution >= 4 is 59.9 Å². The van der Waals surface area contributed by atoms with Gasteiger partial charge in [0.15, 0.2) is 0 Å². The van der Waals surface area contributed by atoms with Gasteiger partial charge in [-0.15, -0.1) is 0 Å². The summed E-state index contributed by atoms with van der Waals surface area (Å²) in [6, 6.07) is 56.1. The van der Waals surface area contributed by atoms with Crippen LogP contribution in [0.25, 0.3) is 76.5 Å². The van der Waals surface area contributed by atoms with Crippen LogP contribution in [0.5, 0.6) is 0 Å². The molecule has 2 heteroatoms. The summed E-state index contributed by atoms with van der Waals surface area (Å²) in [6.45, 7) is 5.40. The van der Waals surface area contributed by atoms with Crippen LogP contribution in [0, 0.1) is 0 Å². The third kappa shape index (κ3) is 4.92. The number of rotatable bonds is 4. The van der Waals surface area contributed by atoms with E-state index in [0.717, 1.165) is 11.6 Å². The topological polar surface area (TPSA) is 12.4 Å². The molecule has 0 saturated carbocycles. The van der Waals surface area contributed by atoms with Crippen LogP contribution in [0.2, 0.25) is 0 Å². The molecule has 0 aromatic heterocycles. The van der Waals surface area contributed by atoms with Gasteiger partial charge in [0, 0.05) is 10.3 Å². The van der Waals surface area contributed by atoms with Gasteiger partial charge in [0.25, 0.3) is 0 Å². The number of nitrogens with zero attached hydrogens (tertiary/aromatic N) is 1. The lowest BCUT2D eigenvalue weighted by Crippen LogP contribution is -2.14. The van der Waals surface area contributed by atoms with E-state index < -0.39 is 0 Å². The maximum Gasteiger partial charge on any atom is 0.0983 e. The van der Waals surface area contributed by atoms with E-state index in [-0.39, 0.29) is 4.75 Å². The molecule has 224 valence electrons. The molecule has 1 heterocycles. The molecule has 8 aromatic rings. The van der Waals surface area contributed by atoms with Crippen molar-refractivity contribution in [1.29, 1.82) is 0 Å². The number of fused-ring (bicyclic) bond motifs is 4. The quantitative estimate of drug-likeness (QED) is 0.179. The molecule has 1 aliphatic rings. The van der Waals surface area contributed by atoms with E-state index in [9.17, 15) is 0 Å². The van der Waals surface area contributed by atoms with Gasteiger partial charge in [-0.25, -0.2) is 0 Å². The Morgan fingerprint density at radius 1 is 0.426 bits per heavy atom. The summed E-state index contributed by atoms with van der Waals surface area (Å²) < 4.78 is 0.142. The summed E-state index contributed by atoms with van der Waals surface area (Å²) in [4.78, 5) is 4.90. The van der Waals surface area contributed by atoms with Crippen LogP contribution in [0.3, 0.4) is 0 Å². The zero-order valence-corrected chi connectivity index (χ0v) is 27.3. The molecule has 0 saturated heterocycles. The Morgan fingerprint density at radius 2 is 0.936 bits per heavy atom. The van der Waals surface area contributed by atoms with Crippen molar-refractivity contribution in [1.82, 2.24) is 0 Å². The minimum absolute atomic E-state index is 0.142. The van der Waals surface area contributed by atoms with Gasteiger partial charge in [-0.2, -0.15) is 0 Å². The molecule has 0 aliphatic carbocycles. The molecule has 0 fully saturated rings. The molecule has 0 spiro atoms. The molecule has 0 atom stereocenters. The van der Waals surface area contributed by atoms with Crippen LogP contribution in [0.4, 0.5) is 0 Å². The molecule has 1 aliphatic heterocycles. The first-order valence-electron chi connectivity index (χ1n) is 16.3. The van der Waals surface area contributed by atoms with Crippen molar-refractivity contribution in [2.75, 3.05) is 6.54 Å². The second kappa shape index (κ2) is 11.0. The van der Waals surface area contributed by atoms with Gasteiger partial charge in [0.1, 0.15) is 0 Å². The highest BCUT2D eigenvalue weighted by molar-refractivity contribution is 8.15. The average Bonchev–Trinajstić information content (AvgIpc) is 3.49. The summed E-state index contributed by atoms with van der Waals surface area (Å²) in [5.41, 5.74) is 8.66. The molecule has 0 unspecified atom stereocenters. The fourth-order valence-electron chi connectivity index (χ4n) is 7.24. The smallest absolute Gasteiger partial charge is 0.0983 e. The van der Waals surface area contributed by atoms with E-state index in [1.807, 2.05) is 11.8 Å². The highest BCUT2D eigenvalue weighted by atomic mass is 32.2. The van der Waals surface area contributed by atoms with Gasteiger partial charge in [-0.05, 0) is 115 Å². The van der Waals surface area contributed by atoms with E-state index in [1.54, 1.807) is 0 Å². The van der Waals surface area contributed by atoms with E-state index in [2.05, 4.69) is 166 Å². The summed E-state index contributed by atoms with van der Waals surface area (Å²) in [7, 11) is 0. The van der Waals surface area contributed by atoms with Gasteiger partial charge in [-0.3, -0.25) is 4.99 Å². The third-order valence-electron chi connectivity index (χ3n) is 9.52. The molecular weight excluding hydrogens is 587 g/mol. The second-order valence-corrected chi connectivity index (χ2v) is 14.9. The molecule has 0 bridgehead atoms. The predicted octanol–water partition coefficient (Wildman–Crippen LogP) is 12.6. The Bertz CT molecular complexity index is 2560. The first-order valence-corrected chi connectivity index (χ1v) is 17.1. The normalized spacial score (nSPS) is 14.3. The zero-order valence-electron chi connectivity index (χ0n) is 26.5. The largest absolute Gasteiger partial charge is 0.276 e. The first-order chi connectivity index (χ1) is 23.0. The van der Waals surface area contributed by atoms with Crippen molar-refractivity contribution in [3.8, 4) is 33.4 Å². The summed E-state index contributed by atoms with van der Waals surface area (Å²) in [5, 5.41) is 11.2. The SMILES string of the molecule is CC1(C)CN=C(c2cccc(-c3ccc4c(-c5ccc6ccccc6c5)c5ccccc5c(-c5ccc6ccccc6c5)c4c3)c2)S1. The van der Waals surface area contributed by atoms with E-state index in [0.29, 0.717) is 0 Å². The molecule has 0 N–H and O–H groups in total. The van der Waals surface area contributed by atoms with Crippen LogP contribution in [0.1, 0.15) is 19.4 Å². The van der Waals surface area contributed by atoms with Crippen molar-refractivity contribution in [2.45, 2.75) is 18.6 Å². The van der Waals surface area contributed by atoms with Crippen LogP contribution in [0.15, 0.2) is 157 Å². The van der Waals surface area contributed by atoms with Crippen molar-refractivity contribution < 1.29 is 0 Å². The Hall–Kier alpha value is -5.18. The summed E-state index contributed by atoms with van der Waals surface area (Å²) in [6.07, 6.45) is 0. The molecule has 9 rings (SSSR count). The first kappa shape index (κ1) is 28.1. The summed E-state index contributed by atoms with van der Waals surface area (Å²) >= 11 is 1.88.